The normalized spacial score (nSPS) is 20.8. The third-order valence-electron chi connectivity index (χ3n) is 9.03. The Balaban J connectivity index is 1.35. The minimum atomic E-state index is -3.77. The molecule has 224 valence electrons. The molecule has 6 rings (SSSR count). The molecule has 2 aliphatic rings. The van der Waals surface area contributed by atoms with E-state index in [1.54, 1.807) is 47.5 Å². The largest absolute Gasteiger partial charge is 0.337 e. The van der Waals surface area contributed by atoms with E-state index < -0.39 is 16.1 Å². The van der Waals surface area contributed by atoms with Gasteiger partial charge in [-0.3, -0.25) is 4.79 Å². The summed E-state index contributed by atoms with van der Waals surface area (Å²) in [4.78, 5) is 20.6. The number of imidazole rings is 1. The van der Waals surface area contributed by atoms with E-state index in [1.807, 2.05) is 42.9 Å². The van der Waals surface area contributed by atoms with Crippen LogP contribution in [0.3, 0.4) is 0 Å². The van der Waals surface area contributed by atoms with Gasteiger partial charge in [0.2, 0.25) is 15.9 Å². The highest BCUT2D eigenvalue weighted by atomic mass is 32.2. The number of hydrogen-bond donors (Lipinski definition) is 1. The summed E-state index contributed by atoms with van der Waals surface area (Å²) in [6.45, 7) is 6.54. The van der Waals surface area contributed by atoms with Gasteiger partial charge < -0.3 is 9.47 Å². The van der Waals surface area contributed by atoms with Gasteiger partial charge in [-0.2, -0.15) is 0 Å². The number of aryl methyl sites for hydroxylation is 2. The number of halogens is 1. The second kappa shape index (κ2) is 11.0. The number of nitrogens with zero attached hydrogens (tertiary/aromatic N) is 3. The van der Waals surface area contributed by atoms with E-state index in [2.05, 4.69) is 23.6 Å². The van der Waals surface area contributed by atoms with Crippen LogP contribution in [0.25, 0.3) is 0 Å². The lowest BCUT2D eigenvalue weighted by molar-refractivity contribution is -0.120. The van der Waals surface area contributed by atoms with Gasteiger partial charge >= 0.3 is 0 Å². The number of rotatable bonds is 8. The number of anilines is 1. The fourth-order valence-electron chi connectivity index (χ4n) is 6.25. The van der Waals surface area contributed by atoms with E-state index in [9.17, 15) is 17.6 Å². The van der Waals surface area contributed by atoms with Crippen molar-refractivity contribution in [1.29, 1.82) is 0 Å². The predicted molar refractivity (Wildman–Crippen MR) is 165 cm³/mol. The summed E-state index contributed by atoms with van der Waals surface area (Å²) < 4.78 is 45.3. The molecule has 0 bridgehead atoms. The van der Waals surface area contributed by atoms with Gasteiger partial charge in [-0.25, -0.2) is 22.5 Å². The summed E-state index contributed by atoms with van der Waals surface area (Å²) in [7, 11) is -1.87. The molecule has 0 saturated heterocycles. The van der Waals surface area contributed by atoms with Crippen molar-refractivity contribution in [3.63, 3.8) is 0 Å². The zero-order valence-corrected chi connectivity index (χ0v) is 25.7. The number of hydrogen-bond acceptors (Lipinski definition) is 4. The minimum absolute atomic E-state index is 0.0240. The average Bonchev–Trinajstić information content (AvgIpc) is 3.67. The molecule has 1 heterocycles. The van der Waals surface area contributed by atoms with Crippen molar-refractivity contribution in [3.8, 4) is 0 Å². The Morgan fingerprint density at radius 1 is 1.09 bits per heavy atom. The van der Waals surface area contributed by atoms with Gasteiger partial charge in [0.1, 0.15) is 11.6 Å². The Kier molecular flexibility index (Phi) is 7.50. The molecule has 9 heteroatoms. The monoisotopic (exact) mass is 600 g/mol. The predicted octanol–water partition coefficient (Wildman–Crippen LogP) is 6.30. The smallest absolute Gasteiger partial charge is 0.241 e. The number of aromatic nitrogens is 2. The number of amides is 1. The zero-order valence-electron chi connectivity index (χ0n) is 24.9. The molecule has 1 fully saturated rings. The summed E-state index contributed by atoms with van der Waals surface area (Å²) >= 11 is 0. The van der Waals surface area contributed by atoms with Gasteiger partial charge in [-0.05, 0) is 90.6 Å². The molecule has 3 atom stereocenters. The molecule has 0 unspecified atom stereocenters. The Labute approximate surface area is 252 Å². The van der Waals surface area contributed by atoms with Crippen molar-refractivity contribution in [1.82, 2.24) is 14.3 Å². The molecule has 1 saturated carbocycles. The molecule has 4 aromatic rings. The van der Waals surface area contributed by atoms with E-state index in [-0.39, 0.29) is 40.4 Å². The van der Waals surface area contributed by atoms with Gasteiger partial charge in [0.05, 0.1) is 11.4 Å². The molecule has 1 N–H and O–H groups in total. The number of carbonyl (C=O) groups excluding carboxylic acids is 1. The molecule has 0 spiro atoms. The molecule has 1 amide bonds. The van der Waals surface area contributed by atoms with Crippen LogP contribution < -0.4 is 9.62 Å². The van der Waals surface area contributed by atoms with Crippen molar-refractivity contribution in [3.05, 3.63) is 113 Å². The molecule has 0 radical (unpaired) electrons. The minimum Gasteiger partial charge on any atom is -0.337 e. The van der Waals surface area contributed by atoms with Gasteiger partial charge in [-0.15, -0.1) is 0 Å². The van der Waals surface area contributed by atoms with Gasteiger partial charge in [-0.1, -0.05) is 49.7 Å². The lowest BCUT2D eigenvalue weighted by Crippen LogP contribution is -2.37. The van der Waals surface area contributed by atoms with E-state index in [0.717, 1.165) is 34.5 Å². The Morgan fingerprint density at radius 2 is 1.81 bits per heavy atom. The second-order valence-corrected chi connectivity index (χ2v) is 14.3. The quantitative estimate of drug-likeness (QED) is 0.258. The molecule has 7 nitrogen and oxygen atoms in total. The van der Waals surface area contributed by atoms with Crippen LogP contribution in [0.15, 0.2) is 84.0 Å². The summed E-state index contributed by atoms with van der Waals surface area (Å²) in [5.41, 5.74) is 4.44. The standard InChI is InChI=1S/C34H37FN4O3S/c1-22-5-12-26(13-6-22)43(41,42)37-31-15-16-34(2,3)30-14-11-25(19-29(30)31)39(21-32-36-17-18-38(32)4)33(40)28-20-27(28)23-7-9-24(35)10-8-23/h5-14,17-19,27-28,31,37H,15-16,20-21H2,1-4H3/t27-,28-,31-/m1/s1. The highest BCUT2D eigenvalue weighted by molar-refractivity contribution is 7.89. The lowest BCUT2D eigenvalue weighted by atomic mass is 9.71. The second-order valence-electron chi connectivity index (χ2n) is 12.6. The lowest BCUT2D eigenvalue weighted by Gasteiger charge is -2.38. The van der Waals surface area contributed by atoms with Crippen molar-refractivity contribution < 1.29 is 17.6 Å². The maximum Gasteiger partial charge on any atom is 0.241 e. The molecular formula is C34H37FN4O3S. The van der Waals surface area contributed by atoms with Crippen molar-refractivity contribution in [2.45, 2.75) is 68.8 Å². The van der Waals surface area contributed by atoms with Crippen LogP contribution in [-0.2, 0) is 33.8 Å². The van der Waals surface area contributed by atoms with Crippen LogP contribution in [0.2, 0.25) is 0 Å². The van der Waals surface area contributed by atoms with E-state index >= 15 is 0 Å². The molecule has 2 aliphatic carbocycles. The summed E-state index contributed by atoms with van der Waals surface area (Å²) in [5.74, 6) is 0.219. The first-order valence-corrected chi connectivity index (χ1v) is 16.2. The fourth-order valence-corrected chi connectivity index (χ4v) is 7.50. The first-order valence-electron chi connectivity index (χ1n) is 14.7. The number of carbonyl (C=O) groups is 1. The topological polar surface area (TPSA) is 84.3 Å². The zero-order chi connectivity index (χ0) is 30.5. The first kappa shape index (κ1) is 29.3. The highest BCUT2D eigenvalue weighted by Gasteiger charge is 2.46. The van der Waals surface area contributed by atoms with Crippen molar-refractivity contribution >= 4 is 21.6 Å². The van der Waals surface area contributed by atoms with Crippen LogP contribution in [0.5, 0.6) is 0 Å². The number of benzene rings is 3. The van der Waals surface area contributed by atoms with Crippen LogP contribution in [0.1, 0.15) is 73.1 Å². The van der Waals surface area contributed by atoms with Crippen molar-refractivity contribution in [2.24, 2.45) is 13.0 Å². The van der Waals surface area contributed by atoms with Crippen molar-refractivity contribution in [2.75, 3.05) is 4.90 Å². The van der Waals surface area contributed by atoms with E-state index in [4.69, 9.17) is 0 Å². The molecule has 43 heavy (non-hydrogen) atoms. The molecule has 1 aromatic heterocycles. The van der Waals surface area contributed by atoms with Gasteiger partial charge in [0.15, 0.2) is 0 Å². The highest BCUT2D eigenvalue weighted by Crippen LogP contribution is 2.50. The Bertz CT molecular complexity index is 1760. The number of fused-ring (bicyclic) bond motifs is 1. The van der Waals surface area contributed by atoms with Gasteiger partial charge in [0.25, 0.3) is 0 Å². The van der Waals surface area contributed by atoms with Gasteiger partial charge in [0, 0.05) is 37.1 Å². The van der Waals surface area contributed by atoms with E-state index in [1.165, 1.54) is 12.1 Å². The van der Waals surface area contributed by atoms with Crippen LogP contribution in [-0.4, -0.2) is 23.9 Å². The van der Waals surface area contributed by atoms with E-state index in [0.29, 0.717) is 18.5 Å². The summed E-state index contributed by atoms with van der Waals surface area (Å²) in [6, 6.07) is 18.8. The van der Waals surface area contributed by atoms with Crippen LogP contribution >= 0.6 is 0 Å². The van der Waals surface area contributed by atoms with Crippen LogP contribution in [0.4, 0.5) is 10.1 Å². The Hall–Kier alpha value is -3.82. The Morgan fingerprint density at radius 3 is 2.49 bits per heavy atom. The fraction of sp³-hybridized carbons (Fsp3) is 0.353. The summed E-state index contributed by atoms with van der Waals surface area (Å²) in [5, 5.41) is 0. The maximum absolute atomic E-state index is 14.1. The SMILES string of the molecule is Cc1ccc(S(=O)(=O)N[C@@H]2CCC(C)(C)c3ccc(N(Cc4nccn4C)C(=O)[C@@H]4C[C@@H]4c4ccc(F)cc4)cc32)cc1. The average molecular weight is 601 g/mol. The summed E-state index contributed by atoms with van der Waals surface area (Å²) in [6.07, 6.45) is 5.71. The third kappa shape index (κ3) is 5.88. The maximum atomic E-state index is 14.1. The number of sulfonamides is 1. The van der Waals surface area contributed by atoms with Crippen LogP contribution in [0, 0.1) is 18.7 Å². The molecule has 0 aliphatic heterocycles. The molecule has 3 aromatic carbocycles. The molecular weight excluding hydrogens is 563 g/mol. The first-order chi connectivity index (χ1) is 20.4. The number of nitrogens with one attached hydrogen (secondary N) is 1. The third-order valence-corrected chi connectivity index (χ3v) is 10.5.